The molecule has 0 aliphatic rings. The van der Waals surface area contributed by atoms with Gasteiger partial charge in [0.15, 0.2) is 0 Å². The molecule has 3 nitrogen and oxygen atoms in total. The summed E-state index contributed by atoms with van der Waals surface area (Å²) < 4.78 is 28.9. The molecule has 0 radical (unpaired) electrons. The lowest BCUT2D eigenvalue weighted by atomic mass is 10.1. The Bertz CT molecular complexity index is 708. The van der Waals surface area contributed by atoms with E-state index in [-0.39, 0.29) is 4.90 Å². The lowest BCUT2D eigenvalue weighted by Gasteiger charge is -2.12. The predicted molar refractivity (Wildman–Crippen MR) is 81.9 cm³/mol. The maximum Gasteiger partial charge on any atom is 0.261 e. The first-order valence-electron chi connectivity index (χ1n) is 6.49. The van der Waals surface area contributed by atoms with Crippen molar-refractivity contribution in [2.75, 3.05) is 6.61 Å². The molecule has 0 saturated heterocycles. The Morgan fingerprint density at radius 1 is 1.10 bits per heavy atom. The lowest BCUT2D eigenvalue weighted by molar-refractivity contribution is 0.292. The quantitative estimate of drug-likeness (QED) is 0.777. The van der Waals surface area contributed by atoms with E-state index >= 15 is 0 Å². The maximum atomic E-state index is 11.6. The van der Waals surface area contributed by atoms with Crippen LogP contribution in [0.5, 0.6) is 5.75 Å². The highest BCUT2D eigenvalue weighted by molar-refractivity contribution is 8.14. The zero-order chi connectivity index (χ0) is 14.8. The van der Waals surface area contributed by atoms with Gasteiger partial charge in [0, 0.05) is 21.5 Å². The van der Waals surface area contributed by atoms with E-state index in [9.17, 15) is 8.42 Å². The van der Waals surface area contributed by atoms with Crippen molar-refractivity contribution in [1.29, 1.82) is 0 Å². The monoisotopic (exact) mass is 312 g/mol. The van der Waals surface area contributed by atoms with Crippen molar-refractivity contribution in [3.8, 4) is 5.75 Å². The Labute approximate surface area is 123 Å². The third kappa shape index (κ3) is 3.44. The number of rotatable bonds is 5. The summed E-state index contributed by atoms with van der Waals surface area (Å²) in [6, 6.07) is 10.4. The summed E-state index contributed by atoms with van der Waals surface area (Å²) in [5.41, 5.74) is 0. The summed E-state index contributed by atoms with van der Waals surface area (Å²) in [4.78, 5) is 0.117. The van der Waals surface area contributed by atoms with Gasteiger partial charge < -0.3 is 4.74 Å². The second-order valence-corrected chi connectivity index (χ2v) is 7.61. The standard InChI is InChI=1S/C15H17ClO3S/c1-11(2)9-10-19-14-7-8-15(20(16,17)18)13-6-4-3-5-12(13)14/h3-8,11H,9-10H2,1-2H3. The topological polar surface area (TPSA) is 43.4 Å². The minimum absolute atomic E-state index is 0.117. The van der Waals surface area contributed by atoms with E-state index < -0.39 is 9.05 Å². The van der Waals surface area contributed by atoms with Gasteiger partial charge in [-0.1, -0.05) is 38.1 Å². The molecule has 0 aliphatic carbocycles. The van der Waals surface area contributed by atoms with Crippen LogP contribution in [-0.4, -0.2) is 15.0 Å². The van der Waals surface area contributed by atoms with Crippen LogP contribution in [-0.2, 0) is 9.05 Å². The zero-order valence-corrected chi connectivity index (χ0v) is 13.0. The summed E-state index contributed by atoms with van der Waals surface area (Å²) in [5.74, 6) is 1.24. The van der Waals surface area contributed by atoms with Crippen LogP contribution in [0, 0.1) is 5.92 Å². The number of ether oxygens (including phenoxy) is 1. The first-order valence-corrected chi connectivity index (χ1v) is 8.79. The first-order chi connectivity index (χ1) is 9.39. The Hall–Kier alpha value is -1.26. The van der Waals surface area contributed by atoms with Crippen LogP contribution in [0.15, 0.2) is 41.3 Å². The summed E-state index contributed by atoms with van der Waals surface area (Å²) in [6.07, 6.45) is 0.948. The number of fused-ring (bicyclic) bond motifs is 1. The van der Waals surface area contributed by atoms with E-state index in [0.717, 1.165) is 11.8 Å². The van der Waals surface area contributed by atoms with Gasteiger partial charge in [-0.25, -0.2) is 8.42 Å². The Morgan fingerprint density at radius 3 is 2.35 bits per heavy atom. The molecular formula is C15H17ClO3S. The second-order valence-electron chi connectivity index (χ2n) is 5.08. The van der Waals surface area contributed by atoms with Gasteiger partial charge in [0.25, 0.3) is 9.05 Å². The van der Waals surface area contributed by atoms with Gasteiger partial charge in [-0.2, -0.15) is 0 Å². The van der Waals surface area contributed by atoms with Crippen molar-refractivity contribution in [2.45, 2.75) is 25.2 Å². The summed E-state index contributed by atoms with van der Waals surface area (Å²) in [7, 11) is 1.70. The SMILES string of the molecule is CC(C)CCOc1ccc(S(=O)(=O)Cl)c2ccccc12. The number of hydrogen-bond acceptors (Lipinski definition) is 3. The fraction of sp³-hybridized carbons (Fsp3) is 0.333. The molecule has 0 spiro atoms. The highest BCUT2D eigenvalue weighted by Crippen LogP contribution is 2.32. The maximum absolute atomic E-state index is 11.6. The van der Waals surface area contributed by atoms with Crippen molar-refractivity contribution in [2.24, 2.45) is 5.92 Å². The molecule has 0 bridgehead atoms. The Kier molecular flexibility index (Phi) is 4.55. The van der Waals surface area contributed by atoms with E-state index in [1.165, 1.54) is 6.07 Å². The highest BCUT2D eigenvalue weighted by Gasteiger charge is 2.16. The zero-order valence-electron chi connectivity index (χ0n) is 11.5. The van der Waals surface area contributed by atoms with Crippen LogP contribution in [0.1, 0.15) is 20.3 Å². The molecule has 0 unspecified atom stereocenters. The van der Waals surface area contributed by atoms with Crippen LogP contribution in [0.25, 0.3) is 10.8 Å². The van der Waals surface area contributed by atoms with Crippen molar-refractivity contribution in [1.82, 2.24) is 0 Å². The van der Waals surface area contributed by atoms with Crippen LogP contribution >= 0.6 is 10.7 Å². The normalized spacial score (nSPS) is 12.0. The van der Waals surface area contributed by atoms with Gasteiger partial charge in [0.1, 0.15) is 5.75 Å². The molecule has 0 amide bonds. The van der Waals surface area contributed by atoms with Crippen molar-refractivity contribution < 1.29 is 13.2 Å². The van der Waals surface area contributed by atoms with Gasteiger partial charge >= 0.3 is 0 Å². The van der Waals surface area contributed by atoms with E-state index in [2.05, 4.69) is 13.8 Å². The molecule has 0 saturated carbocycles. The van der Waals surface area contributed by atoms with Crippen molar-refractivity contribution in [3.05, 3.63) is 36.4 Å². The highest BCUT2D eigenvalue weighted by atomic mass is 35.7. The molecule has 20 heavy (non-hydrogen) atoms. The predicted octanol–water partition coefficient (Wildman–Crippen LogP) is 4.19. The minimum Gasteiger partial charge on any atom is -0.493 e. The lowest BCUT2D eigenvalue weighted by Crippen LogP contribution is -2.02. The molecule has 2 aromatic carbocycles. The van der Waals surface area contributed by atoms with Crippen LogP contribution in [0.2, 0.25) is 0 Å². The van der Waals surface area contributed by atoms with Crippen LogP contribution < -0.4 is 4.74 Å². The second kappa shape index (κ2) is 6.02. The molecule has 0 aromatic heterocycles. The summed E-state index contributed by atoms with van der Waals surface area (Å²) in [6.45, 7) is 4.86. The molecule has 5 heteroatoms. The molecule has 108 valence electrons. The smallest absolute Gasteiger partial charge is 0.261 e. The van der Waals surface area contributed by atoms with Gasteiger partial charge in [0.05, 0.1) is 11.5 Å². The van der Waals surface area contributed by atoms with E-state index in [1.807, 2.05) is 12.1 Å². The van der Waals surface area contributed by atoms with E-state index in [4.69, 9.17) is 15.4 Å². The summed E-state index contributed by atoms with van der Waals surface area (Å²) >= 11 is 0. The number of hydrogen-bond donors (Lipinski definition) is 0. The van der Waals surface area contributed by atoms with Gasteiger partial charge in [-0.05, 0) is 24.5 Å². The van der Waals surface area contributed by atoms with Crippen molar-refractivity contribution in [3.63, 3.8) is 0 Å². The molecule has 0 N–H and O–H groups in total. The molecule has 2 aromatic rings. The van der Waals surface area contributed by atoms with Gasteiger partial charge in [0.2, 0.25) is 0 Å². The third-order valence-corrected chi connectivity index (χ3v) is 4.44. The first kappa shape index (κ1) is 15.1. The average Bonchev–Trinajstić information content (AvgIpc) is 2.37. The molecule has 0 heterocycles. The van der Waals surface area contributed by atoms with E-state index in [0.29, 0.717) is 23.7 Å². The van der Waals surface area contributed by atoms with Crippen LogP contribution in [0.4, 0.5) is 0 Å². The minimum atomic E-state index is -3.76. The number of benzene rings is 2. The third-order valence-electron chi connectivity index (χ3n) is 3.06. The molecule has 0 atom stereocenters. The fourth-order valence-corrected chi connectivity index (χ4v) is 3.06. The van der Waals surface area contributed by atoms with Gasteiger partial charge in [-0.3, -0.25) is 0 Å². The van der Waals surface area contributed by atoms with Gasteiger partial charge in [-0.15, -0.1) is 0 Å². The Balaban J connectivity index is 2.44. The van der Waals surface area contributed by atoms with Crippen LogP contribution in [0.3, 0.4) is 0 Å². The molecule has 2 rings (SSSR count). The Morgan fingerprint density at radius 2 is 1.75 bits per heavy atom. The van der Waals surface area contributed by atoms with Crippen molar-refractivity contribution >= 4 is 30.5 Å². The fourth-order valence-electron chi connectivity index (χ4n) is 1.99. The molecule has 0 aliphatic heterocycles. The number of halogens is 1. The molecule has 0 fully saturated rings. The van der Waals surface area contributed by atoms with E-state index in [1.54, 1.807) is 18.2 Å². The largest absolute Gasteiger partial charge is 0.493 e. The molecular weight excluding hydrogens is 296 g/mol. The average molecular weight is 313 g/mol. The summed E-state index contributed by atoms with van der Waals surface area (Å²) in [5, 5.41) is 1.35.